The molecular weight excluding hydrogens is 1480 g/mol. The smallest absolute Gasteiger partial charge is 0.252 e. The van der Waals surface area contributed by atoms with Crippen LogP contribution in [-0.4, -0.2) is 35.5 Å². The number of hydrogen-bond acceptors (Lipinski definition) is 2. The summed E-state index contributed by atoms with van der Waals surface area (Å²) in [6, 6.07) is 168. The third-order valence-electron chi connectivity index (χ3n) is 25.9. The zero-order valence-electron chi connectivity index (χ0n) is 68.6. The molecule has 0 saturated heterocycles. The molecule has 119 heavy (non-hydrogen) atoms. The Kier molecular flexibility index (Phi) is 19.1. The Morgan fingerprint density at radius 1 is 0.252 bits per heavy atom. The third-order valence-corrected chi connectivity index (χ3v) is 40.2. The fraction of sp³-hybridized carbons (Fsp3) is 0.0893. The van der Waals surface area contributed by atoms with Gasteiger partial charge in [-0.1, -0.05) is 406 Å². The second-order valence-corrected chi connectivity index (χ2v) is 45.6. The lowest BCUT2D eigenvalue weighted by Crippen LogP contribution is -2.75. The average Bonchev–Trinajstić information content (AvgIpc) is 1.34. The van der Waals surface area contributed by atoms with E-state index in [1.165, 1.54) is 123 Å². The lowest BCUT2D eigenvalue weighted by Gasteiger charge is -2.46. The highest BCUT2D eigenvalue weighted by molar-refractivity contribution is 7.21. The number of fused-ring (bicyclic) bond motifs is 7. The van der Waals surface area contributed by atoms with Gasteiger partial charge in [-0.3, -0.25) is 0 Å². The van der Waals surface area contributed by atoms with Crippen LogP contribution in [0.2, 0.25) is 0 Å². The Morgan fingerprint density at radius 2 is 0.580 bits per heavy atom. The molecule has 2 aliphatic heterocycles. The topological polar surface area (TPSA) is 11.4 Å². The predicted octanol–water partition coefficient (Wildman–Crippen LogP) is 18.2. The zero-order chi connectivity index (χ0) is 80.6. The minimum absolute atomic E-state index is 0.172. The normalized spacial score (nSPS) is 12.8. The van der Waals surface area contributed by atoms with Gasteiger partial charge in [0.15, 0.2) is 24.2 Å². The summed E-state index contributed by atoms with van der Waals surface area (Å²) in [6.45, 7) is 16.1. The fourth-order valence-corrected chi connectivity index (χ4v) is 34.6. The van der Waals surface area contributed by atoms with Crippen molar-refractivity contribution in [1.29, 1.82) is 0 Å². The van der Waals surface area contributed by atoms with E-state index in [-0.39, 0.29) is 12.1 Å². The van der Waals surface area contributed by atoms with E-state index in [0.29, 0.717) is 11.8 Å². The molecule has 17 aromatic carbocycles. The Morgan fingerprint density at radius 3 is 0.933 bits per heavy atom. The molecule has 3 heterocycles. The van der Waals surface area contributed by atoms with E-state index in [1.54, 1.807) is 0 Å². The first-order valence-corrected chi connectivity index (χ1v) is 48.3. The van der Waals surface area contributed by atoms with Gasteiger partial charge in [0.1, 0.15) is 0 Å². The number of aromatic nitrogens is 1. The van der Waals surface area contributed by atoms with Crippen molar-refractivity contribution in [3.05, 3.63) is 447 Å². The molecule has 18 aromatic rings. The summed E-state index contributed by atoms with van der Waals surface area (Å²) in [5, 5.41) is 18.3. The Hall–Kier alpha value is -13.1. The first-order chi connectivity index (χ1) is 58.3. The summed E-state index contributed by atoms with van der Waals surface area (Å²) in [6.07, 6.45) is 0. The molecule has 20 rings (SSSR count). The molecule has 1 aromatic heterocycles. The molecule has 0 aliphatic carbocycles. The SMILES string of the molecule is CC(C)c1ccc2c(c1)c1cc(C(C)C)ccc1n2-c1cc2c3c(c1)N(c1ccc(C(C)(C)C)cc1-c1ccccc1)c1cc([Si](c4ccccc4)(c4ccccc4)c4ccccc4)ccc1B3c1ccc([Si](c3ccccc3)(c3ccccc3)c3ccccc3)cc1N2c1cccc([Si](c2ccccc2)(c2ccccc2)c2ccccc2)c1. The van der Waals surface area contributed by atoms with Crippen molar-refractivity contribution in [2.45, 2.75) is 65.7 Å². The maximum atomic E-state index is 2.75. The molecule has 0 fully saturated rings. The van der Waals surface area contributed by atoms with Gasteiger partial charge < -0.3 is 14.4 Å². The van der Waals surface area contributed by atoms with Gasteiger partial charge in [0.05, 0.1) is 22.4 Å². The number of rotatable bonds is 18. The highest BCUT2D eigenvalue weighted by Gasteiger charge is 2.50. The van der Waals surface area contributed by atoms with Crippen molar-refractivity contribution in [2.24, 2.45) is 0 Å². The Labute approximate surface area is 704 Å². The summed E-state index contributed by atoms with van der Waals surface area (Å²) in [5.74, 6) is 0.639. The summed E-state index contributed by atoms with van der Waals surface area (Å²) < 4.78 is 2.63. The number of benzene rings is 17. The molecular formula is C112H94BN3Si3. The van der Waals surface area contributed by atoms with E-state index < -0.39 is 24.2 Å². The highest BCUT2D eigenvalue weighted by atomic mass is 28.3. The van der Waals surface area contributed by atoms with Crippen LogP contribution in [0.1, 0.15) is 77.0 Å². The van der Waals surface area contributed by atoms with E-state index in [1.807, 2.05) is 0 Å². The van der Waals surface area contributed by atoms with E-state index in [0.717, 1.165) is 45.4 Å². The first-order valence-electron chi connectivity index (χ1n) is 42.3. The van der Waals surface area contributed by atoms with E-state index in [2.05, 4.69) is 494 Å². The van der Waals surface area contributed by atoms with Crippen molar-refractivity contribution >= 4 is 165 Å². The van der Waals surface area contributed by atoms with Crippen LogP contribution in [0.15, 0.2) is 431 Å². The van der Waals surface area contributed by atoms with Gasteiger partial charge in [0.25, 0.3) is 6.71 Å². The van der Waals surface area contributed by atoms with E-state index in [9.17, 15) is 0 Å². The van der Waals surface area contributed by atoms with Crippen LogP contribution in [-0.2, 0) is 5.41 Å². The van der Waals surface area contributed by atoms with Gasteiger partial charge in [-0.2, -0.15) is 0 Å². The summed E-state index contributed by atoms with van der Waals surface area (Å²) in [5.41, 5.74) is 20.0. The number of anilines is 6. The average molecular weight is 1580 g/mol. The van der Waals surface area contributed by atoms with Gasteiger partial charge in [-0.25, -0.2) is 0 Å². The quantitative estimate of drug-likeness (QED) is 0.0627. The maximum absolute atomic E-state index is 3.26. The molecule has 0 atom stereocenters. The molecule has 0 radical (unpaired) electrons. The third kappa shape index (κ3) is 12.3. The van der Waals surface area contributed by atoms with Gasteiger partial charge in [0, 0.05) is 44.8 Å². The van der Waals surface area contributed by atoms with Crippen molar-refractivity contribution in [3.63, 3.8) is 0 Å². The second-order valence-electron chi connectivity index (χ2n) is 34.2. The second kappa shape index (κ2) is 30.4. The van der Waals surface area contributed by atoms with Gasteiger partial charge in [-0.15, -0.1) is 0 Å². The molecule has 3 nitrogen and oxygen atoms in total. The minimum Gasteiger partial charge on any atom is -0.311 e. The monoisotopic (exact) mass is 1580 g/mol. The molecule has 0 unspecified atom stereocenters. The van der Waals surface area contributed by atoms with Crippen LogP contribution in [0.25, 0.3) is 38.6 Å². The number of nitrogens with zero attached hydrogens (tertiary/aromatic N) is 3. The van der Waals surface area contributed by atoms with Crippen LogP contribution in [0.3, 0.4) is 0 Å². The summed E-state index contributed by atoms with van der Waals surface area (Å²) >= 11 is 0. The number of hydrogen-bond donors (Lipinski definition) is 0. The molecule has 0 N–H and O–H groups in total. The van der Waals surface area contributed by atoms with E-state index in [4.69, 9.17) is 0 Å². The maximum Gasteiger partial charge on any atom is 0.252 e. The van der Waals surface area contributed by atoms with E-state index >= 15 is 0 Å². The molecule has 0 amide bonds. The van der Waals surface area contributed by atoms with Gasteiger partial charge >= 0.3 is 0 Å². The lowest BCUT2D eigenvalue weighted by atomic mass is 9.33. The minimum atomic E-state index is -3.26. The summed E-state index contributed by atoms with van der Waals surface area (Å²) in [7, 11) is -9.70. The molecule has 0 bridgehead atoms. The van der Waals surface area contributed by atoms with Crippen LogP contribution in [0, 0.1) is 0 Å². The van der Waals surface area contributed by atoms with Crippen molar-refractivity contribution in [3.8, 4) is 16.8 Å². The standard InChI is InChI=1S/C112H94BN3Si3/c1-79(2)82-61-68-105-100(71-82)101-72-83(80(3)4)62-69-106(101)115(105)86-75-109-111-110(76-86)116(104-70-63-84(112(5,6)7)73-99(104)81-39-18-8-19-40-81)108-78-98(119(93-54-32-15-33-55-93,94-56-34-16-35-57-94)95-58-36-17-37-59-95)65-67-103(108)113(111)102-66-64-97(118(90-48-26-12-27-49-90,91-50-28-13-29-51-91)92-52-30-14-31-53-92)77-107(102)114(109)85-41-38-60-96(74-85)117(87-42-20-9-21-43-87,88-44-22-10-23-45-88)89-46-24-11-25-47-89/h8-80H,1-7H3. The molecule has 0 saturated carbocycles. The van der Waals surface area contributed by atoms with Crippen molar-refractivity contribution in [1.82, 2.24) is 4.57 Å². The van der Waals surface area contributed by atoms with Crippen molar-refractivity contribution in [2.75, 3.05) is 9.80 Å². The summed E-state index contributed by atoms with van der Waals surface area (Å²) in [4.78, 5) is 5.50. The zero-order valence-corrected chi connectivity index (χ0v) is 71.6. The highest BCUT2D eigenvalue weighted by Crippen LogP contribution is 2.50. The first kappa shape index (κ1) is 74.7. The van der Waals surface area contributed by atoms with Gasteiger partial charge in [-0.05, 0) is 191 Å². The van der Waals surface area contributed by atoms with Crippen LogP contribution < -0.4 is 88.4 Å². The fourth-order valence-electron chi connectivity index (χ4n) is 20.3. The molecule has 0 spiro atoms. The predicted molar refractivity (Wildman–Crippen MR) is 518 cm³/mol. The van der Waals surface area contributed by atoms with Crippen LogP contribution in [0.5, 0.6) is 0 Å². The largest absolute Gasteiger partial charge is 0.311 e. The molecule has 2 aliphatic rings. The van der Waals surface area contributed by atoms with Crippen molar-refractivity contribution < 1.29 is 0 Å². The van der Waals surface area contributed by atoms with Gasteiger partial charge in [0.2, 0.25) is 0 Å². The van der Waals surface area contributed by atoms with Crippen LogP contribution >= 0.6 is 0 Å². The van der Waals surface area contributed by atoms with Crippen LogP contribution in [0.4, 0.5) is 34.1 Å². The molecule has 7 heteroatoms. The molecule has 572 valence electrons. The lowest BCUT2D eigenvalue weighted by molar-refractivity contribution is 0.590. The Bertz CT molecular complexity index is 6410. The Balaban J connectivity index is 0.987.